The van der Waals surface area contributed by atoms with Gasteiger partial charge in [0, 0.05) is 30.7 Å². The van der Waals surface area contributed by atoms with Crippen molar-refractivity contribution < 1.29 is 4.79 Å². The minimum absolute atomic E-state index is 0.196. The second-order valence-electron chi connectivity index (χ2n) is 5.88. The van der Waals surface area contributed by atoms with Crippen molar-refractivity contribution in [3.05, 3.63) is 53.3 Å². The number of para-hydroxylation sites is 1. The summed E-state index contributed by atoms with van der Waals surface area (Å²) >= 11 is 0. The number of nitrogens with zero attached hydrogens (tertiary/aromatic N) is 2. The number of amides is 1. The maximum absolute atomic E-state index is 12.4. The maximum atomic E-state index is 12.4. The molecule has 0 aliphatic carbocycles. The van der Waals surface area contributed by atoms with Crippen LogP contribution >= 0.6 is 0 Å². The lowest BCUT2D eigenvalue weighted by atomic mass is 10.1. The van der Waals surface area contributed by atoms with Gasteiger partial charge in [0.1, 0.15) is 5.69 Å². The molecule has 0 fully saturated rings. The highest BCUT2D eigenvalue weighted by Crippen LogP contribution is 2.20. The van der Waals surface area contributed by atoms with Crippen LogP contribution in [-0.4, -0.2) is 43.0 Å². The number of pyridine rings is 1. The van der Waals surface area contributed by atoms with Gasteiger partial charge in [0.05, 0.1) is 0 Å². The van der Waals surface area contributed by atoms with Crippen LogP contribution in [0.25, 0.3) is 0 Å². The van der Waals surface area contributed by atoms with Crippen LogP contribution in [0, 0.1) is 13.8 Å². The van der Waals surface area contributed by atoms with E-state index in [9.17, 15) is 4.79 Å². The van der Waals surface area contributed by atoms with Crippen molar-refractivity contribution in [1.82, 2.24) is 9.88 Å². The van der Waals surface area contributed by atoms with E-state index in [-0.39, 0.29) is 5.91 Å². The van der Waals surface area contributed by atoms with Crippen LogP contribution in [0.15, 0.2) is 36.5 Å². The van der Waals surface area contributed by atoms with Crippen LogP contribution in [0.5, 0.6) is 0 Å². The number of aromatic nitrogens is 1. The van der Waals surface area contributed by atoms with Crippen LogP contribution in [-0.2, 0) is 0 Å². The van der Waals surface area contributed by atoms with Crippen molar-refractivity contribution in [2.75, 3.05) is 37.8 Å². The summed E-state index contributed by atoms with van der Waals surface area (Å²) in [6, 6.07) is 9.59. The Morgan fingerprint density at radius 3 is 2.52 bits per heavy atom. The summed E-state index contributed by atoms with van der Waals surface area (Å²) < 4.78 is 0. The molecule has 23 heavy (non-hydrogen) atoms. The van der Waals surface area contributed by atoms with Crippen molar-refractivity contribution in [1.29, 1.82) is 0 Å². The molecule has 0 aliphatic heterocycles. The molecule has 122 valence electrons. The van der Waals surface area contributed by atoms with E-state index in [0.29, 0.717) is 5.69 Å². The highest BCUT2D eigenvalue weighted by molar-refractivity contribution is 6.04. The summed E-state index contributed by atoms with van der Waals surface area (Å²) in [6.07, 6.45) is 1.65. The fourth-order valence-corrected chi connectivity index (χ4v) is 2.28. The summed E-state index contributed by atoms with van der Waals surface area (Å²) in [5.74, 6) is -0.196. The molecule has 2 aromatic rings. The van der Waals surface area contributed by atoms with Gasteiger partial charge >= 0.3 is 0 Å². The third kappa shape index (κ3) is 4.79. The van der Waals surface area contributed by atoms with Crippen LogP contribution in [0.3, 0.4) is 0 Å². The third-order valence-electron chi connectivity index (χ3n) is 3.60. The van der Waals surface area contributed by atoms with E-state index in [4.69, 9.17) is 0 Å². The molecule has 1 heterocycles. The zero-order chi connectivity index (χ0) is 16.8. The van der Waals surface area contributed by atoms with Crippen molar-refractivity contribution in [3.8, 4) is 0 Å². The molecule has 0 atom stereocenters. The van der Waals surface area contributed by atoms with Gasteiger partial charge in [-0.15, -0.1) is 0 Å². The molecular formula is C18H24N4O. The first kappa shape index (κ1) is 17.0. The van der Waals surface area contributed by atoms with Crippen LogP contribution in [0.1, 0.15) is 21.6 Å². The Bertz CT molecular complexity index is 662. The molecule has 0 radical (unpaired) electrons. The average molecular weight is 312 g/mol. The van der Waals surface area contributed by atoms with Gasteiger partial charge in [-0.3, -0.25) is 9.78 Å². The molecule has 1 aromatic carbocycles. The minimum atomic E-state index is -0.196. The van der Waals surface area contributed by atoms with Gasteiger partial charge in [-0.2, -0.15) is 0 Å². The lowest BCUT2D eigenvalue weighted by molar-refractivity contribution is 0.102. The number of nitrogens with one attached hydrogen (secondary N) is 2. The minimum Gasteiger partial charge on any atom is -0.384 e. The van der Waals surface area contributed by atoms with Gasteiger partial charge in [0.15, 0.2) is 0 Å². The first-order chi connectivity index (χ1) is 11.0. The van der Waals surface area contributed by atoms with Gasteiger partial charge in [-0.25, -0.2) is 0 Å². The molecule has 0 saturated heterocycles. The molecule has 0 spiro atoms. The number of carbonyl (C=O) groups is 1. The van der Waals surface area contributed by atoms with E-state index in [0.717, 1.165) is 35.6 Å². The van der Waals surface area contributed by atoms with E-state index in [1.54, 1.807) is 12.3 Å². The lowest BCUT2D eigenvalue weighted by Crippen LogP contribution is -2.21. The summed E-state index contributed by atoms with van der Waals surface area (Å²) in [4.78, 5) is 18.7. The molecule has 1 amide bonds. The number of carbonyl (C=O) groups excluding carboxylic acids is 1. The van der Waals surface area contributed by atoms with Crippen LogP contribution < -0.4 is 10.6 Å². The highest BCUT2D eigenvalue weighted by atomic mass is 16.1. The second-order valence-corrected chi connectivity index (χ2v) is 5.88. The first-order valence-corrected chi connectivity index (χ1v) is 7.69. The number of benzene rings is 1. The maximum Gasteiger partial charge on any atom is 0.274 e. The van der Waals surface area contributed by atoms with Gasteiger partial charge in [-0.1, -0.05) is 18.2 Å². The van der Waals surface area contributed by atoms with Gasteiger partial charge in [0.2, 0.25) is 0 Å². The molecule has 0 unspecified atom stereocenters. The molecular weight excluding hydrogens is 288 g/mol. The van der Waals surface area contributed by atoms with E-state index < -0.39 is 0 Å². The van der Waals surface area contributed by atoms with Gasteiger partial charge < -0.3 is 15.5 Å². The fourth-order valence-electron chi connectivity index (χ4n) is 2.28. The Morgan fingerprint density at radius 1 is 1.17 bits per heavy atom. The first-order valence-electron chi connectivity index (χ1n) is 7.69. The lowest BCUT2D eigenvalue weighted by Gasteiger charge is -2.13. The largest absolute Gasteiger partial charge is 0.384 e. The number of hydrogen-bond donors (Lipinski definition) is 2. The Kier molecular flexibility index (Phi) is 5.71. The average Bonchev–Trinajstić information content (AvgIpc) is 2.51. The van der Waals surface area contributed by atoms with Crippen LogP contribution in [0.2, 0.25) is 0 Å². The summed E-state index contributed by atoms with van der Waals surface area (Å²) in [5.41, 5.74) is 4.23. The summed E-state index contributed by atoms with van der Waals surface area (Å²) in [5, 5.41) is 6.26. The smallest absolute Gasteiger partial charge is 0.274 e. The number of aryl methyl sites for hydroxylation is 2. The Hall–Kier alpha value is -2.40. The predicted molar refractivity (Wildman–Crippen MR) is 95.1 cm³/mol. The third-order valence-corrected chi connectivity index (χ3v) is 3.60. The van der Waals surface area contributed by atoms with E-state index >= 15 is 0 Å². The van der Waals surface area contributed by atoms with Gasteiger partial charge in [0.25, 0.3) is 5.91 Å². The van der Waals surface area contributed by atoms with Crippen molar-refractivity contribution in [2.24, 2.45) is 0 Å². The quantitative estimate of drug-likeness (QED) is 0.861. The number of hydrogen-bond acceptors (Lipinski definition) is 4. The van der Waals surface area contributed by atoms with Gasteiger partial charge in [-0.05, 0) is 51.2 Å². The monoisotopic (exact) mass is 312 g/mol. The zero-order valence-electron chi connectivity index (χ0n) is 14.2. The molecule has 2 N–H and O–H groups in total. The molecule has 0 bridgehead atoms. The molecule has 0 saturated carbocycles. The molecule has 0 aliphatic rings. The number of rotatable bonds is 6. The zero-order valence-corrected chi connectivity index (χ0v) is 14.2. The second kappa shape index (κ2) is 7.74. The predicted octanol–water partition coefficient (Wildman–Crippen LogP) is 2.92. The summed E-state index contributed by atoms with van der Waals surface area (Å²) in [6.45, 7) is 5.70. The van der Waals surface area contributed by atoms with Crippen molar-refractivity contribution in [3.63, 3.8) is 0 Å². The highest BCUT2D eigenvalue weighted by Gasteiger charge is 2.11. The Balaban J connectivity index is 2.08. The molecule has 5 nitrogen and oxygen atoms in total. The number of anilines is 2. The normalized spacial score (nSPS) is 10.7. The molecule has 1 aromatic heterocycles. The molecule has 2 rings (SSSR count). The van der Waals surface area contributed by atoms with E-state index in [1.807, 2.05) is 52.2 Å². The SMILES string of the molecule is Cc1cccc(C)c1NC(=O)c1cc(NCCN(C)C)ccn1. The summed E-state index contributed by atoms with van der Waals surface area (Å²) in [7, 11) is 4.05. The standard InChI is InChI=1S/C18H24N4O/c1-13-6-5-7-14(2)17(13)21-18(23)16-12-15(8-9-20-16)19-10-11-22(3)4/h5-9,12H,10-11H2,1-4H3,(H,19,20)(H,21,23). The topological polar surface area (TPSA) is 57.3 Å². The van der Waals surface area contributed by atoms with E-state index in [2.05, 4.69) is 20.5 Å². The Labute approximate surface area is 137 Å². The van der Waals surface area contributed by atoms with E-state index in [1.165, 1.54) is 0 Å². The van der Waals surface area contributed by atoms with Crippen molar-refractivity contribution >= 4 is 17.3 Å². The van der Waals surface area contributed by atoms with Crippen LogP contribution in [0.4, 0.5) is 11.4 Å². The van der Waals surface area contributed by atoms with Crippen molar-refractivity contribution in [2.45, 2.75) is 13.8 Å². The fraction of sp³-hybridized carbons (Fsp3) is 0.333. The number of likely N-dealkylation sites (N-methyl/N-ethyl adjacent to an activating group) is 1. The molecule has 5 heteroatoms. The Morgan fingerprint density at radius 2 is 1.87 bits per heavy atom.